The summed E-state index contributed by atoms with van der Waals surface area (Å²) >= 11 is 0. The first-order chi connectivity index (χ1) is 11.3. The lowest BCUT2D eigenvalue weighted by molar-refractivity contribution is 0.183. The first kappa shape index (κ1) is 16.0. The Balaban J connectivity index is 1.53. The molecule has 0 bridgehead atoms. The van der Waals surface area contributed by atoms with Crippen molar-refractivity contribution in [2.75, 3.05) is 44.8 Å². The Labute approximate surface area is 136 Å². The number of aromatic nitrogens is 2. The van der Waals surface area contributed by atoms with Crippen LogP contribution in [0.15, 0.2) is 36.7 Å². The summed E-state index contributed by atoms with van der Waals surface area (Å²) in [4.78, 5) is 9.17. The van der Waals surface area contributed by atoms with Crippen LogP contribution in [0.3, 0.4) is 0 Å². The number of rotatable bonds is 6. The minimum absolute atomic E-state index is 0.185. The topological polar surface area (TPSA) is 33.5 Å². The van der Waals surface area contributed by atoms with Crippen molar-refractivity contribution < 1.29 is 9.13 Å². The summed E-state index contributed by atoms with van der Waals surface area (Å²) in [5, 5.41) is 0. The number of nitrogens with zero attached hydrogens (tertiary/aromatic N) is 4. The van der Waals surface area contributed by atoms with Crippen LogP contribution in [-0.2, 0) is 17.8 Å². The monoisotopic (exact) mass is 318 g/mol. The third-order valence-corrected chi connectivity index (χ3v) is 4.27. The summed E-state index contributed by atoms with van der Waals surface area (Å²) in [5.74, 6) is 0.896. The van der Waals surface area contributed by atoms with E-state index in [2.05, 4.69) is 19.4 Å². The van der Waals surface area contributed by atoms with Gasteiger partial charge in [0.05, 0.1) is 13.2 Å². The molecule has 1 fully saturated rings. The predicted molar refractivity (Wildman–Crippen MR) is 88.0 cm³/mol. The summed E-state index contributed by atoms with van der Waals surface area (Å²) < 4.78 is 20.3. The molecule has 0 saturated carbocycles. The molecule has 1 aromatic heterocycles. The van der Waals surface area contributed by atoms with Crippen LogP contribution < -0.4 is 4.90 Å². The Kier molecular flexibility index (Phi) is 5.25. The van der Waals surface area contributed by atoms with Gasteiger partial charge in [0.15, 0.2) is 0 Å². The molecule has 0 atom stereocenters. The van der Waals surface area contributed by atoms with E-state index in [1.54, 1.807) is 7.11 Å². The average molecular weight is 318 g/mol. The van der Waals surface area contributed by atoms with E-state index in [0.29, 0.717) is 6.61 Å². The number of methoxy groups -OCH3 is 1. The molecule has 1 aliphatic rings. The first-order valence-corrected chi connectivity index (χ1v) is 7.98. The van der Waals surface area contributed by atoms with Gasteiger partial charge in [-0.2, -0.15) is 0 Å². The van der Waals surface area contributed by atoms with Crippen LogP contribution in [0.1, 0.15) is 5.82 Å². The van der Waals surface area contributed by atoms with E-state index in [-0.39, 0.29) is 5.82 Å². The van der Waals surface area contributed by atoms with Gasteiger partial charge in [-0.1, -0.05) is 0 Å². The van der Waals surface area contributed by atoms with Crippen LogP contribution in [0.25, 0.3) is 0 Å². The lowest BCUT2D eigenvalue weighted by Gasteiger charge is -2.36. The second-order valence-electron chi connectivity index (χ2n) is 5.77. The molecule has 0 N–H and O–H groups in total. The van der Waals surface area contributed by atoms with Crippen molar-refractivity contribution in [1.82, 2.24) is 14.5 Å². The molecule has 5 nitrogen and oxygen atoms in total. The molecule has 23 heavy (non-hydrogen) atoms. The Bertz CT molecular complexity index is 605. The molecular weight excluding hydrogens is 295 g/mol. The molecule has 2 heterocycles. The van der Waals surface area contributed by atoms with Crippen molar-refractivity contribution in [2.45, 2.75) is 13.1 Å². The smallest absolute Gasteiger partial charge is 0.123 e. The standard InChI is InChI=1S/C17H23FN4O/c1-23-13-12-22-7-6-19-17(22)14-20-8-10-21(11-9-20)16-4-2-15(18)3-5-16/h2-7H,8-14H2,1H3. The maximum absolute atomic E-state index is 13.0. The van der Waals surface area contributed by atoms with Crippen LogP contribution in [0.2, 0.25) is 0 Å². The van der Waals surface area contributed by atoms with Crippen LogP contribution >= 0.6 is 0 Å². The van der Waals surface area contributed by atoms with Crippen LogP contribution in [0.4, 0.5) is 10.1 Å². The van der Waals surface area contributed by atoms with Crippen molar-refractivity contribution in [3.05, 3.63) is 48.3 Å². The van der Waals surface area contributed by atoms with E-state index >= 15 is 0 Å². The largest absolute Gasteiger partial charge is 0.383 e. The molecule has 0 amide bonds. The van der Waals surface area contributed by atoms with Gasteiger partial charge in [-0.25, -0.2) is 9.37 Å². The number of ether oxygens (including phenoxy) is 1. The molecule has 1 aromatic carbocycles. The number of imidazole rings is 1. The fourth-order valence-corrected chi connectivity index (χ4v) is 2.90. The van der Waals surface area contributed by atoms with Gasteiger partial charge in [-0.15, -0.1) is 0 Å². The second-order valence-corrected chi connectivity index (χ2v) is 5.77. The zero-order valence-electron chi connectivity index (χ0n) is 13.5. The van der Waals surface area contributed by atoms with Crippen molar-refractivity contribution in [1.29, 1.82) is 0 Å². The van der Waals surface area contributed by atoms with Crippen molar-refractivity contribution >= 4 is 5.69 Å². The Morgan fingerprint density at radius 1 is 1.13 bits per heavy atom. The summed E-state index contributed by atoms with van der Waals surface area (Å²) in [5.41, 5.74) is 1.09. The quantitative estimate of drug-likeness (QED) is 0.816. The minimum atomic E-state index is -0.185. The molecule has 0 spiro atoms. The van der Waals surface area contributed by atoms with Gasteiger partial charge < -0.3 is 14.2 Å². The van der Waals surface area contributed by atoms with Crippen molar-refractivity contribution in [3.63, 3.8) is 0 Å². The number of hydrogen-bond donors (Lipinski definition) is 0. The maximum Gasteiger partial charge on any atom is 0.123 e. The molecule has 2 aromatic rings. The van der Waals surface area contributed by atoms with Gasteiger partial charge >= 0.3 is 0 Å². The van der Waals surface area contributed by atoms with Gasteiger partial charge in [0.1, 0.15) is 11.6 Å². The fraction of sp³-hybridized carbons (Fsp3) is 0.471. The van der Waals surface area contributed by atoms with E-state index in [0.717, 1.165) is 50.8 Å². The summed E-state index contributed by atoms with van der Waals surface area (Å²) in [6, 6.07) is 6.74. The molecule has 1 aliphatic heterocycles. The zero-order valence-corrected chi connectivity index (χ0v) is 13.5. The molecule has 6 heteroatoms. The number of halogens is 1. The van der Waals surface area contributed by atoms with Crippen molar-refractivity contribution in [3.8, 4) is 0 Å². The maximum atomic E-state index is 13.0. The fourth-order valence-electron chi connectivity index (χ4n) is 2.90. The lowest BCUT2D eigenvalue weighted by atomic mass is 10.2. The van der Waals surface area contributed by atoms with Gasteiger partial charge in [0, 0.05) is 57.9 Å². The Hall–Kier alpha value is -1.92. The van der Waals surface area contributed by atoms with E-state index in [9.17, 15) is 4.39 Å². The van der Waals surface area contributed by atoms with Gasteiger partial charge in [-0.05, 0) is 24.3 Å². The van der Waals surface area contributed by atoms with Gasteiger partial charge in [-0.3, -0.25) is 4.90 Å². The number of piperazine rings is 1. The lowest BCUT2D eigenvalue weighted by Crippen LogP contribution is -2.46. The minimum Gasteiger partial charge on any atom is -0.383 e. The van der Waals surface area contributed by atoms with Crippen LogP contribution in [0, 0.1) is 5.82 Å². The number of benzene rings is 1. The normalized spacial score (nSPS) is 16.0. The summed E-state index contributed by atoms with van der Waals surface area (Å²) in [7, 11) is 1.71. The second kappa shape index (κ2) is 7.57. The highest BCUT2D eigenvalue weighted by atomic mass is 19.1. The molecule has 1 saturated heterocycles. The van der Waals surface area contributed by atoms with Gasteiger partial charge in [0.25, 0.3) is 0 Å². The van der Waals surface area contributed by atoms with Crippen LogP contribution in [-0.4, -0.2) is 54.3 Å². The molecule has 3 rings (SSSR count). The molecule has 124 valence electrons. The highest BCUT2D eigenvalue weighted by Crippen LogP contribution is 2.17. The highest BCUT2D eigenvalue weighted by molar-refractivity contribution is 5.46. The average Bonchev–Trinajstić information content (AvgIpc) is 3.01. The SMILES string of the molecule is COCCn1ccnc1CN1CCN(c2ccc(F)cc2)CC1. The first-order valence-electron chi connectivity index (χ1n) is 7.98. The van der Waals surface area contributed by atoms with Crippen molar-refractivity contribution in [2.24, 2.45) is 0 Å². The number of anilines is 1. The molecular formula is C17H23FN4O. The van der Waals surface area contributed by atoms with Crippen LogP contribution in [0.5, 0.6) is 0 Å². The van der Waals surface area contributed by atoms with E-state index in [1.807, 2.05) is 24.5 Å². The summed E-state index contributed by atoms with van der Waals surface area (Å²) in [6.45, 7) is 6.24. The van der Waals surface area contributed by atoms with E-state index in [4.69, 9.17) is 4.74 Å². The van der Waals surface area contributed by atoms with Gasteiger partial charge in [0.2, 0.25) is 0 Å². The third kappa shape index (κ3) is 4.09. The predicted octanol–water partition coefficient (Wildman–Crippen LogP) is 1.99. The molecule has 0 radical (unpaired) electrons. The highest BCUT2D eigenvalue weighted by Gasteiger charge is 2.18. The zero-order chi connectivity index (χ0) is 16.1. The summed E-state index contributed by atoms with van der Waals surface area (Å²) in [6.07, 6.45) is 3.85. The Morgan fingerprint density at radius 2 is 1.87 bits per heavy atom. The van der Waals surface area contributed by atoms with E-state index in [1.165, 1.54) is 12.1 Å². The number of hydrogen-bond acceptors (Lipinski definition) is 4. The molecule has 0 unspecified atom stereocenters. The third-order valence-electron chi connectivity index (χ3n) is 4.27. The Morgan fingerprint density at radius 3 is 2.57 bits per heavy atom. The molecule has 0 aliphatic carbocycles. The van der Waals surface area contributed by atoms with E-state index < -0.39 is 0 Å².